The zero-order valence-corrected chi connectivity index (χ0v) is 15.6. The molecule has 8 heteroatoms. The molecule has 2 aromatic rings. The summed E-state index contributed by atoms with van der Waals surface area (Å²) in [5.41, 5.74) is 0. The van der Waals surface area contributed by atoms with Crippen LogP contribution in [-0.2, 0) is 23.1 Å². The first-order valence-electron chi connectivity index (χ1n) is 6.54. The monoisotopic (exact) mass is 408 g/mol. The Morgan fingerprint density at radius 1 is 1.24 bits per heavy atom. The number of rotatable bonds is 8. The highest BCUT2D eigenvalue weighted by atomic mass is 79.9. The van der Waals surface area contributed by atoms with Gasteiger partial charge < -0.3 is 5.32 Å². The van der Waals surface area contributed by atoms with Crippen LogP contribution in [0.3, 0.4) is 0 Å². The Bertz CT molecular complexity index is 679. The predicted octanol–water partition coefficient (Wildman–Crippen LogP) is 3.55. The number of thiophene rings is 2. The molecule has 0 unspecified atom stereocenters. The van der Waals surface area contributed by atoms with Crippen molar-refractivity contribution in [3.8, 4) is 0 Å². The lowest BCUT2D eigenvalue weighted by molar-refractivity contribution is 0.584. The van der Waals surface area contributed by atoms with Gasteiger partial charge in [-0.05, 0) is 52.5 Å². The van der Waals surface area contributed by atoms with E-state index in [2.05, 4.69) is 32.9 Å². The van der Waals surface area contributed by atoms with Gasteiger partial charge in [-0.2, -0.15) is 0 Å². The minimum absolute atomic E-state index is 0.307. The van der Waals surface area contributed by atoms with Gasteiger partial charge in [0.05, 0.1) is 0 Å². The average molecular weight is 409 g/mol. The van der Waals surface area contributed by atoms with Crippen molar-refractivity contribution in [1.29, 1.82) is 0 Å². The van der Waals surface area contributed by atoms with E-state index in [1.54, 1.807) is 6.07 Å². The highest BCUT2D eigenvalue weighted by molar-refractivity contribution is 9.10. The molecule has 0 aliphatic heterocycles. The molecule has 0 radical (unpaired) electrons. The lowest BCUT2D eigenvalue weighted by atomic mass is 10.4. The smallest absolute Gasteiger partial charge is 0.250 e. The highest BCUT2D eigenvalue weighted by Crippen LogP contribution is 2.25. The summed E-state index contributed by atoms with van der Waals surface area (Å²) in [6.45, 7) is 4.06. The maximum atomic E-state index is 12.3. The number of hydrogen-bond donors (Lipinski definition) is 2. The van der Waals surface area contributed by atoms with Gasteiger partial charge in [-0.1, -0.05) is 6.92 Å². The van der Waals surface area contributed by atoms with E-state index in [9.17, 15) is 8.42 Å². The quantitative estimate of drug-likeness (QED) is 0.656. The van der Waals surface area contributed by atoms with E-state index in [1.165, 1.54) is 22.7 Å². The first-order chi connectivity index (χ1) is 10.0. The third-order valence-corrected chi connectivity index (χ3v) is 7.65. The summed E-state index contributed by atoms with van der Waals surface area (Å²) in [6.07, 6.45) is 1.06. The largest absolute Gasteiger partial charge is 0.312 e. The Morgan fingerprint density at radius 2 is 2.05 bits per heavy atom. The lowest BCUT2D eigenvalue weighted by Gasteiger charge is -2.04. The molecule has 0 saturated carbocycles. The van der Waals surface area contributed by atoms with Crippen LogP contribution in [-0.4, -0.2) is 15.0 Å². The van der Waals surface area contributed by atoms with Crippen molar-refractivity contribution in [2.45, 2.75) is 30.6 Å². The summed E-state index contributed by atoms with van der Waals surface area (Å²) in [6, 6.07) is 5.44. The van der Waals surface area contributed by atoms with E-state index in [0.717, 1.165) is 27.2 Å². The number of hydrogen-bond acceptors (Lipinski definition) is 5. The highest BCUT2D eigenvalue weighted by Gasteiger charge is 2.17. The maximum absolute atomic E-state index is 12.3. The number of sulfonamides is 1. The topological polar surface area (TPSA) is 58.2 Å². The lowest BCUT2D eigenvalue weighted by Crippen LogP contribution is -2.22. The molecule has 0 bridgehead atoms. The van der Waals surface area contributed by atoms with E-state index >= 15 is 0 Å². The molecule has 4 nitrogen and oxygen atoms in total. The zero-order valence-electron chi connectivity index (χ0n) is 11.6. The fourth-order valence-electron chi connectivity index (χ4n) is 1.67. The summed E-state index contributed by atoms with van der Waals surface area (Å²) >= 11 is 6.23. The molecule has 0 amide bonds. The van der Waals surface area contributed by atoms with Gasteiger partial charge in [-0.3, -0.25) is 0 Å². The minimum Gasteiger partial charge on any atom is -0.312 e. The van der Waals surface area contributed by atoms with E-state index < -0.39 is 10.0 Å². The second kappa shape index (κ2) is 7.85. The van der Waals surface area contributed by atoms with Crippen LogP contribution in [0.2, 0.25) is 0 Å². The molecule has 116 valence electrons. The van der Waals surface area contributed by atoms with Gasteiger partial charge in [0.2, 0.25) is 10.0 Å². The standard InChI is InChI=1S/C13H17BrN2O2S3/c1-2-6-15-8-10-3-4-13(20-10)21(17,18)16-9-12-11(14)5-7-19-12/h3-5,7,15-16H,2,6,8-9H2,1H3. The number of halogens is 1. The van der Waals surface area contributed by atoms with Gasteiger partial charge in [0.25, 0.3) is 0 Å². The van der Waals surface area contributed by atoms with Gasteiger partial charge >= 0.3 is 0 Å². The Hall–Kier alpha value is -0.250. The molecule has 0 aliphatic rings. The third kappa shape index (κ3) is 4.87. The Kier molecular flexibility index (Phi) is 6.39. The fourth-order valence-corrected chi connectivity index (χ4v) is 5.56. The Morgan fingerprint density at radius 3 is 2.71 bits per heavy atom. The molecule has 2 heterocycles. The van der Waals surface area contributed by atoms with Crippen molar-refractivity contribution in [1.82, 2.24) is 10.0 Å². The molecule has 0 aliphatic carbocycles. The van der Waals surface area contributed by atoms with E-state index in [4.69, 9.17) is 0 Å². The van der Waals surface area contributed by atoms with Crippen LogP contribution in [0.4, 0.5) is 0 Å². The first kappa shape index (κ1) is 17.1. The Balaban J connectivity index is 1.97. The van der Waals surface area contributed by atoms with Crippen molar-refractivity contribution < 1.29 is 8.42 Å². The fraction of sp³-hybridized carbons (Fsp3) is 0.385. The summed E-state index contributed by atoms with van der Waals surface area (Å²) < 4.78 is 28.4. The van der Waals surface area contributed by atoms with Gasteiger partial charge in [0.15, 0.2) is 0 Å². The second-order valence-electron chi connectivity index (χ2n) is 4.41. The van der Waals surface area contributed by atoms with E-state index in [-0.39, 0.29) is 0 Å². The van der Waals surface area contributed by atoms with Crippen LogP contribution in [0, 0.1) is 0 Å². The minimum atomic E-state index is -3.44. The SMILES string of the molecule is CCCNCc1ccc(S(=O)(=O)NCc2sccc2Br)s1. The number of nitrogens with one attached hydrogen (secondary N) is 2. The van der Waals surface area contributed by atoms with Gasteiger partial charge in [0, 0.05) is 27.3 Å². The van der Waals surface area contributed by atoms with Crippen LogP contribution < -0.4 is 10.0 Å². The molecule has 0 atom stereocenters. The summed E-state index contributed by atoms with van der Waals surface area (Å²) in [4.78, 5) is 2.00. The summed E-state index contributed by atoms with van der Waals surface area (Å²) in [5.74, 6) is 0. The molecular formula is C13H17BrN2O2S3. The zero-order chi connectivity index (χ0) is 15.3. The molecule has 2 rings (SSSR count). The van der Waals surface area contributed by atoms with Gasteiger partial charge in [-0.15, -0.1) is 22.7 Å². The molecule has 0 saturated heterocycles. The molecule has 21 heavy (non-hydrogen) atoms. The van der Waals surface area contributed by atoms with Crippen molar-refractivity contribution in [2.75, 3.05) is 6.54 Å². The molecule has 2 aromatic heterocycles. The van der Waals surface area contributed by atoms with E-state index in [1.807, 2.05) is 17.5 Å². The second-order valence-corrected chi connectivity index (χ2v) is 9.43. The van der Waals surface area contributed by atoms with Crippen molar-refractivity contribution in [3.05, 3.63) is 37.8 Å². The summed E-state index contributed by atoms with van der Waals surface area (Å²) in [7, 11) is -3.44. The third-order valence-electron chi connectivity index (χ3n) is 2.74. The maximum Gasteiger partial charge on any atom is 0.250 e. The van der Waals surface area contributed by atoms with Crippen LogP contribution in [0.1, 0.15) is 23.1 Å². The van der Waals surface area contributed by atoms with Gasteiger partial charge in [0.1, 0.15) is 4.21 Å². The molecule has 0 spiro atoms. The molecule has 0 fully saturated rings. The van der Waals surface area contributed by atoms with Crippen LogP contribution in [0.25, 0.3) is 0 Å². The average Bonchev–Trinajstić information content (AvgIpc) is 3.06. The predicted molar refractivity (Wildman–Crippen MR) is 92.4 cm³/mol. The first-order valence-corrected chi connectivity index (χ1v) is 10.5. The Labute approximate surface area is 141 Å². The normalized spacial score (nSPS) is 11.9. The molecule has 0 aromatic carbocycles. The van der Waals surface area contributed by atoms with Crippen molar-refractivity contribution >= 4 is 48.6 Å². The summed E-state index contributed by atoms with van der Waals surface area (Å²) in [5, 5.41) is 5.20. The van der Waals surface area contributed by atoms with Crippen LogP contribution in [0.15, 0.2) is 32.3 Å². The molecule has 2 N–H and O–H groups in total. The van der Waals surface area contributed by atoms with Crippen molar-refractivity contribution in [3.63, 3.8) is 0 Å². The van der Waals surface area contributed by atoms with Gasteiger partial charge in [-0.25, -0.2) is 13.1 Å². The van der Waals surface area contributed by atoms with E-state index in [0.29, 0.717) is 17.3 Å². The van der Waals surface area contributed by atoms with Crippen LogP contribution >= 0.6 is 38.6 Å². The van der Waals surface area contributed by atoms with Crippen molar-refractivity contribution in [2.24, 2.45) is 0 Å². The molecular weight excluding hydrogens is 392 g/mol. The van der Waals surface area contributed by atoms with Crippen LogP contribution in [0.5, 0.6) is 0 Å².